The standard InChI is InChI=1S/C14H13ClN2O2S2/c1-9-3-2-4-11(7-9)21(18,19)17-13-8-10(15)5-6-12(13)14(16)20/h2-8,17H,1H3,(H2,16,20). The number of nitrogens with one attached hydrogen (secondary N) is 1. The summed E-state index contributed by atoms with van der Waals surface area (Å²) >= 11 is 10.8. The topological polar surface area (TPSA) is 72.2 Å². The van der Waals surface area contributed by atoms with Gasteiger partial charge in [-0.2, -0.15) is 0 Å². The van der Waals surface area contributed by atoms with Crippen molar-refractivity contribution in [3.8, 4) is 0 Å². The summed E-state index contributed by atoms with van der Waals surface area (Å²) in [6.07, 6.45) is 0. The van der Waals surface area contributed by atoms with Crippen LogP contribution in [-0.2, 0) is 10.0 Å². The van der Waals surface area contributed by atoms with Crippen LogP contribution in [0.15, 0.2) is 47.4 Å². The van der Waals surface area contributed by atoms with Crippen molar-refractivity contribution in [1.82, 2.24) is 0 Å². The SMILES string of the molecule is Cc1cccc(S(=O)(=O)Nc2cc(Cl)ccc2C(N)=S)c1. The summed E-state index contributed by atoms with van der Waals surface area (Å²) in [5.41, 5.74) is 7.13. The minimum Gasteiger partial charge on any atom is -0.389 e. The zero-order valence-electron chi connectivity index (χ0n) is 11.1. The van der Waals surface area contributed by atoms with E-state index >= 15 is 0 Å². The van der Waals surface area contributed by atoms with Crippen LogP contribution in [0.4, 0.5) is 5.69 Å². The largest absolute Gasteiger partial charge is 0.389 e. The van der Waals surface area contributed by atoms with E-state index < -0.39 is 10.0 Å². The second-order valence-electron chi connectivity index (χ2n) is 4.48. The third-order valence-electron chi connectivity index (χ3n) is 2.79. The molecule has 0 bridgehead atoms. The highest BCUT2D eigenvalue weighted by molar-refractivity contribution is 7.92. The van der Waals surface area contributed by atoms with Crippen LogP contribution in [-0.4, -0.2) is 13.4 Å². The van der Waals surface area contributed by atoms with Crippen LogP contribution in [0.3, 0.4) is 0 Å². The van der Waals surface area contributed by atoms with Gasteiger partial charge in [-0.25, -0.2) is 8.42 Å². The van der Waals surface area contributed by atoms with Gasteiger partial charge in [-0.1, -0.05) is 36.0 Å². The summed E-state index contributed by atoms with van der Waals surface area (Å²) in [5, 5.41) is 0.386. The van der Waals surface area contributed by atoms with E-state index in [-0.39, 0.29) is 15.6 Å². The minimum absolute atomic E-state index is 0.0913. The molecule has 0 aromatic heterocycles. The first kappa shape index (κ1) is 15.8. The Morgan fingerprint density at radius 3 is 2.57 bits per heavy atom. The predicted octanol–water partition coefficient (Wildman–Crippen LogP) is 3.08. The van der Waals surface area contributed by atoms with Gasteiger partial charge in [0.2, 0.25) is 0 Å². The lowest BCUT2D eigenvalue weighted by Gasteiger charge is -2.12. The monoisotopic (exact) mass is 340 g/mol. The number of benzene rings is 2. The molecule has 3 N–H and O–H groups in total. The van der Waals surface area contributed by atoms with Crippen molar-refractivity contribution in [3.05, 3.63) is 58.6 Å². The van der Waals surface area contributed by atoms with Crippen molar-refractivity contribution in [3.63, 3.8) is 0 Å². The van der Waals surface area contributed by atoms with Gasteiger partial charge in [0.25, 0.3) is 10.0 Å². The number of anilines is 1. The van der Waals surface area contributed by atoms with E-state index in [0.717, 1.165) is 5.56 Å². The van der Waals surface area contributed by atoms with Crippen molar-refractivity contribution in [2.45, 2.75) is 11.8 Å². The van der Waals surface area contributed by atoms with E-state index in [2.05, 4.69) is 4.72 Å². The fraction of sp³-hybridized carbons (Fsp3) is 0.0714. The quantitative estimate of drug-likeness (QED) is 0.839. The molecule has 0 radical (unpaired) electrons. The number of aryl methyl sites for hydroxylation is 1. The molecule has 2 aromatic rings. The molecule has 0 aliphatic heterocycles. The first-order valence-corrected chi connectivity index (χ1v) is 8.25. The molecular weight excluding hydrogens is 328 g/mol. The van der Waals surface area contributed by atoms with Crippen molar-refractivity contribution >= 4 is 44.5 Å². The molecule has 2 aromatic carbocycles. The van der Waals surface area contributed by atoms with Gasteiger partial charge in [-0.05, 0) is 42.8 Å². The van der Waals surface area contributed by atoms with E-state index in [4.69, 9.17) is 29.6 Å². The molecule has 0 aliphatic carbocycles. The average Bonchev–Trinajstić information content (AvgIpc) is 2.38. The molecule has 2 rings (SSSR count). The molecule has 0 saturated heterocycles. The van der Waals surface area contributed by atoms with E-state index in [1.165, 1.54) is 12.1 Å². The molecule has 0 atom stereocenters. The Balaban J connectivity index is 2.46. The Morgan fingerprint density at radius 1 is 1.24 bits per heavy atom. The fourth-order valence-corrected chi connectivity index (χ4v) is 3.33. The van der Waals surface area contributed by atoms with E-state index in [1.54, 1.807) is 24.3 Å². The fourth-order valence-electron chi connectivity index (χ4n) is 1.80. The maximum Gasteiger partial charge on any atom is 0.261 e. The van der Waals surface area contributed by atoms with Crippen molar-refractivity contribution in [2.24, 2.45) is 5.73 Å². The highest BCUT2D eigenvalue weighted by atomic mass is 35.5. The number of hydrogen-bond donors (Lipinski definition) is 2. The Morgan fingerprint density at radius 2 is 1.95 bits per heavy atom. The highest BCUT2D eigenvalue weighted by Gasteiger charge is 2.17. The third kappa shape index (κ3) is 3.72. The molecule has 0 heterocycles. The van der Waals surface area contributed by atoms with E-state index in [1.807, 2.05) is 13.0 Å². The lowest BCUT2D eigenvalue weighted by molar-refractivity contribution is 0.601. The van der Waals surface area contributed by atoms with Crippen LogP contribution in [0.2, 0.25) is 5.02 Å². The summed E-state index contributed by atoms with van der Waals surface area (Å²) in [4.78, 5) is 0.255. The Hall–Kier alpha value is -1.63. The maximum absolute atomic E-state index is 12.4. The summed E-state index contributed by atoms with van der Waals surface area (Å²) in [6, 6.07) is 11.2. The summed E-state index contributed by atoms with van der Waals surface area (Å²) in [7, 11) is -3.73. The molecular formula is C14H13ClN2O2S2. The lowest BCUT2D eigenvalue weighted by atomic mass is 10.2. The van der Waals surface area contributed by atoms with Gasteiger partial charge in [0.1, 0.15) is 4.99 Å². The summed E-state index contributed by atoms with van der Waals surface area (Å²) in [6.45, 7) is 1.82. The zero-order chi connectivity index (χ0) is 15.6. The minimum atomic E-state index is -3.73. The molecule has 4 nitrogen and oxygen atoms in total. The zero-order valence-corrected chi connectivity index (χ0v) is 13.5. The molecule has 110 valence electrons. The molecule has 0 saturated carbocycles. The number of hydrogen-bond acceptors (Lipinski definition) is 3. The average molecular weight is 341 g/mol. The van der Waals surface area contributed by atoms with E-state index in [9.17, 15) is 8.42 Å². The van der Waals surface area contributed by atoms with Gasteiger partial charge in [-0.15, -0.1) is 0 Å². The second kappa shape index (κ2) is 6.01. The summed E-state index contributed by atoms with van der Waals surface area (Å²) in [5.74, 6) is 0. The molecule has 21 heavy (non-hydrogen) atoms. The van der Waals surface area contributed by atoms with Crippen molar-refractivity contribution < 1.29 is 8.42 Å². The highest BCUT2D eigenvalue weighted by Crippen LogP contribution is 2.24. The summed E-state index contributed by atoms with van der Waals surface area (Å²) < 4.78 is 27.3. The molecule has 0 unspecified atom stereocenters. The normalized spacial score (nSPS) is 11.1. The molecule has 7 heteroatoms. The van der Waals surface area contributed by atoms with Crippen LogP contribution in [0.5, 0.6) is 0 Å². The van der Waals surface area contributed by atoms with Gasteiger partial charge in [0.15, 0.2) is 0 Å². The van der Waals surface area contributed by atoms with Gasteiger partial charge < -0.3 is 5.73 Å². The Kier molecular flexibility index (Phi) is 4.51. The van der Waals surface area contributed by atoms with Crippen LogP contribution in [0.1, 0.15) is 11.1 Å². The van der Waals surface area contributed by atoms with Crippen LogP contribution >= 0.6 is 23.8 Å². The lowest BCUT2D eigenvalue weighted by Crippen LogP contribution is -2.18. The first-order valence-electron chi connectivity index (χ1n) is 5.98. The van der Waals surface area contributed by atoms with Gasteiger partial charge in [-0.3, -0.25) is 4.72 Å². The maximum atomic E-state index is 12.4. The molecule has 0 spiro atoms. The molecule has 0 amide bonds. The van der Waals surface area contributed by atoms with Gasteiger partial charge in [0, 0.05) is 10.6 Å². The number of nitrogens with two attached hydrogens (primary N) is 1. The smallest absolute Gasteiger partial charge is 0.261 e. The van der Waals surface area contributed by atoms with Crippen LogP contribution < -0.4 is 10.5 Å². The molecule has 0 aliphatic rings. The Labute approximate surface area is 134 Å². The number of sulfonamides is 1. The van der Waals surface area contributed by atoms with Gasteiger partial charge in [0.05, 0.1) is 10.6 Å². The predicted molar refractivity (Wildman–Crippen MR) is 89.3 cm³/mol. The second-order valence-corrected chi connectivity index (χ2v) is 7.03. The third-order valence-corrected chi connectivity index (χ3v) is 4.61. The first-order chi connectivity index (χ1) is 9.79. The number of rotatable bonds is 4. The van der Waals surface area contributed by atoms with Crippen LogP contribution in [0.25, 0.3) is 0 Å². The Bertz CT molecular complexity index is 804. The van der Waals surface area contributed by atoms with Crippen molar-refractivity contribution in [1.29, 1.82) is 0 Å². The van der Waals surface area contributed by atoms with Crippen LogP contribution in [0, 0.1) is 6.92 Å². The molecule has 0 fully saturated rings. The number of thiocarbonyl (C=S) groups is 1. The van der Waals surface area contributed by atoms with Gasteiger partial charge >= 0.3 is 0 Å². The number of halogens is 1. The van der Waals surface area contributed by atoms with Crippen molar-refractivity contribution in [2.75, 3.05) is 4.72 Å². The van der Waals surface area contributed by atoms with E-state index in [0.29, 0.717) is 10.6 Å².